The number of rotatable bonds is 5. The maximum Gasteiger partial charge on any atom is 0.414 e. The molecule has 0 radical (unpaired) electrons. The molecule has 0 aromatic carbocycles. The van der Waals surface area contributed by atoms with Gasteiger partial charge < -0.3 is 19.9 Å². The fraction of sp³-hybridized carbons (Fsp3) is 0.400. The van der Waals surface area contributed by atoms with Crippen LogP contribution in [0.25, 0.3) is 0 Å². The zero-order valence-corrected chi connectivity index (χ0v) is 17.1. The Labute approximate surface area is 179 Å². The normalized spacial score (nSPS) is 18.7. The minimum absolute atomic E-state index is 0.127. The molecule has 162 valence electrons. The van der Waals surface area contributed by atoms with E-state index in [1.807, 2.05) is 12.1 Å². The fourth-order valence-corrected chi connectivity index (χ4v) is 3.53. The molecule has 1 N–H and O–H groups in total. The van der Waals surface area contributed by atoms with E-state index < -0.39 is 12.2 Å². The van der Waals surface area contributed by atoms with Gasteiger partial charge in [0.05, 0.1) is 31.2 Å². The van der Waals surface area contributed by atoms with E-state index in [4.69, 9.17) is 4.74 Å². The summed E-state index contributed by atoms with van der Waals surface area (Å²) in [6.45, 7) is 4.45. The van der Waals surface area contributed by atoms with Crippen molar-refractivity contribution in [3.05, 3.63) is 42.6 Å². The summed E-state index contributed by atoms with van der Waals surface area (Å²) in [5.74, 6) is 0.481. The van der Waals surface area contributed by atoms with Gasteiger partial charge in [-0.1, -0.05) is 0 Å². The van der Waals surface area contributed by atoms with Crippen LogP contribution in [0.15, 0.2) is 36.9 Å². The average Bonchev–Trinajstić information content (AvgIpc) is 3.18. The topological polar surface area (TPSA) is 121 Å². The van der Waals surface area contributed by atoms with Gasteiger partial charge in [-0.2, -0.15) is 0 Å². The number of carbonyl (C=O) groups excluding carboxylic acids is 3. The molecule has 2 aromatic rings. The van der Waals surface area contributed by atoms with Gasteiger partial charge in [-0.3, -0.25) is 19.5 Å². The Bertz CT molecular complexity index is 946. The van der Waals surface area contributed by atoms with Crippen LogP contribution in [-0.2, 0) is 9.53 Å². The first kappa shape index (κ1) is 20.5. The molecule has 0 saturated carbocycles. The van der Waals surface area contributed by atoms with E-state index in [0.29, 0.717) is 44.1 Å². The first-order valence-electron chi connectivity index (χ1n) is 10.00. The summed E-state index contributed by atoms with van der Waals surface area (Å²) in [6.07, 6.45) is 5.30. The molecule has 2 aliphatic rings. The van der Waals surface area contributed by atoms with Crippen molar-refractivity contribution in [2.45, 2.75) is 13.0 Å². The summed E-state index contributed by atoms with van der Waals surface area (Å²) in [7, 11) is 0. The summed E-state index contributed by atoms with van der Waals surface area (Å²) in [6, 6.07) is 3.67. The quantitative estimate of drug-likeness (QED) is 0.726. The molecule has 0 aliphatic carbocycles. The van der Waals surface area contributed by atoms with Crippen LogP contribution in [0.1, 0.15) is 17.4 Å². The van der Waals surface area contributed by atoms with Gasteiger partial charge >= 0.3 is 6.09 Å². The van der Waals surface area contributed by atoms with E-state index in [1.54, 1.807) is 11.1 Å². The number of hydrogen-bond acceptors (Lipinski definition) is 8. The standard InChI is InChI=1S/C20H23N7O4/c1-14(28)23-11-16-13-27(20(30)31-16)15-2-3-18(24-10-15)25-6-8-26(9-7-25)19(29)17-12-21-4-5-22-17/h2-5,10,12,16H,6-9,11,13H2,1H3,(H,23,28). The number of amides is 3. The van der Waals surface area contributed by atoms with E-state index in [1.165, 1.54) is 30.4 Å². The van der Waals surface area contributed by atoms with E-state index in [9.17, 15) is 14.4 Å². The molecular weight excluding hydrogens is 402 g/mol. The number of anilines is 2. The van der Waals surface area contributed by atoms with E-state index in [0.717, 1.165) is 5.82 Å². The largest absolute Gasteiger partial charge is 0.442 e. The number of ether oxygens (including phenoxy) is 1. The maximum atomic E-state index is 12.5. The number of pyridine rings is 1. The molecule has 31 heavy (non-hydrogen) atoms. The molecule has 4 rings (SSSR count). The molecule has 4 heterocycles. The second-order valence-corrected chi connectivity index (χ2v) is 7.30. The van der Waals surface area contributed by atoms with Crippen molar-refractivity contribution in [2.75, 3.05) is 49.1 Å². The van der Waals surface area contributed by atoms with Gasteiger partial charge in [0.25, 0.3) is 5.91 Å². The number of hydrogen-bond donors (Lipinski definition) is 1. The molecule has 2 fully saturated rings. The lowest BCUT2D eigenvalue weighted by Gasteiger charge is -2.35. The molecule has 2 saturated heterocycles. The molecule has 1 atom stereocenters. The lowest BCUT2D eigenvalue weighted by atomic mass is 10.2. The van der Waals surface area contributed by atoms with Crippen LogP contribution in [0, 0.1) is 0 Å². The van der Waals surface area contributed by atoms with Gasteiger partial charge in [-0.25, -0.2) is 14.8 Å². The minimum Gasteiger partial charge on any atom is -0.442 e. The molecule has 0 bridgehead atoms. The second kappa shape index (κ2) is 8.94. The van der Waals surface area contributed by atoms with Gasteiger partial charge in [0.15, 0.2) is 0 Å². The Kier molecular flexibility index (Phi) is 5.92. The number of aromatic nitrogens is 3. The number of nitrogens with zero attached hydrogens (tertiary/aromatic N) is 6. The van der Waals surface area contributed by atoms with Gasteiger partial charge in [0, 0.05) is 45.5 Å². The molecule has 11 heteroatoms. The zero-order chi connectivity index (χ0) is 21.8. The Hall–Kier alpha value is -3.76. The summed E-state index contributed by atoms with van der Waals surface area (Å²) in [5.41, 5.74) is 0.975. The Morgan fingerprint density at radius 1 is 1.13 bits per heavy atom. The highest BCUT2D eigenvalue weighted by molar-refractivity contribution is 5.92. The number of carbonyl (C=O) groups is 3. The predicted octanol–water partition coefficient (Wildman–Crippen LogP) is 0.295. The van der Waals surface area contributed by atoms with Crippen LogP contribution in [0.4, 0.5) is 16.3 Å². The highest BCUT2D eigenvalue weighted by Gasteiger charge is 2.32. The van der Waals surface area contributed by atoms with Crippen molar-refractivity contribution >= 4 is 29.4 Å². The third-order valence-corrected chi connectivity index (χ3v) is 5.17. The number of cyclic esters (lactones) is 1. The maximum absolute atomic E-state index is 12.5. The molecule has 0 spiro atoms. The molecule has 2 aliphatic heterocycles. The first-order chi connectivity index (χ1) is 15.0. The van der Waals surface area contributed by atoms with Crippen LogP contribution in [0.2, 0.25) is 0 Å². The van der Waals surface area contributed by atoms with E-state index in [2.05, 4.69) is 25.2 Å². The van der Waals surface area contributed by atoms with Crippen molar-refractivity contribution < 1.29 is 19.1 Å². The van der Waals surface area contributed by atoms with Gasteiger partial charge in [0.2, 0.25) is 5.91 Å². The highest BCUT2D eigenvalue weighted by atomic mass is 16.6. The zero-order valence-electron chi connectivity index (χ0n) is 17.1. The summed E-state index contributed by atoms with van der Waals surface area (Å²) < 4.78 is 5.28. The van der Waals surface area contributed by atoms with Crippen molar-refractivity contribution in [1.29, 1.82) is 0 Å². The third-order valence-electron chi connectivity index (χ3n) is 5.17. The van der Waals surface area contributed by atoms with Crippen LogP contribution in [-0.4, -0.2) is 83.1 Å². The van der Waals surface area contributed by atoms with Crippen molar-refractivity contribution in [2.24, 2.45) is 0 Å². The Morgan fingerprint density at radius 3 is 2.58 bits per heavy atom. The molecule has 11 nitrogen and oxygen atoms in total. The molecule has 3 amide bonds. The van der Waals surface area contributed by atoms with Gasteiger partial charge in [-0.15, -0.1) is 0 Å². The predicted molar refractivity (Wildman–Crippen MR) is 111 cm³/mol. The van der Waals surface area contributed by atoms with Crippen molar-refractivity contribution in [1.82, 2.24) is 25.2 Å². The van der Waals surface area contributed by atoms with E-state index >= 15 is 0 Å². The van der Waals surface area contributed by atoms with E-state index in [-0.39, 0.29) is 18.4 Å². The van der Waals surface area contributed by atoms with Crippen LogP contribution in [0.3, 0.4) is 0 Å². The lowest BCUT2D eigenvalue weighted by molar-refractivity contribution is -0.119. The average molecular weight is 425 g/mol. The molecule has 1 unspecified atom stereocenters. The molecular formula is C20H23N7O4. The number of nitrogens with one attached hydrogen (secondary N) is 1. The Balaban J connectivity index is 1.32. The first-order valence-corrected chi connectivity index (χ1v) is 10.00. The fourth-order valence-electron chi connectivity index (χ4n) is 3.53. The van der Waals surface area contributed by atoms with Crippen LogP contribution < -0.4 is 15.1 Å². The monoisotopic (exact) mass is 425 g/mol. The number of piperazine rings is 1. The van der Waals surface area contributed by atoms with Crippen molar-refractivity contribution in [3.63, 3.8) is 0 Å². The van der Waals surface area contributed by atoms with Crippen LogP contribution >= 0.6 is 0 Å². The lowest BCUT2D eigenvalue weighted by Crippen LogP contribution is -2.49. The van der Waals surface area contributed by atoms with Gasteiger partial charge in [0.1, 0.15) is 17.6 Å². The van der Waals surface area contributed by atoms with Gasteiger partial charge in [-0.05, 0) is 12.1 Å². The van der Waals surface area contributed by atoms with Crippen molar-refractivity contribution in [3.8, 4) is 0 Å². The SMILES string of the molecule is CC(=O)NCC1CN(c2ccc(N3CCN(C(=O)c4cnccn4)CC3)nc2)C(=O)O1. The molecule has 2 aromatic heterocycles. The summed E-state index contributed by atoms with van der Waals surface area (Å²) in [5, 5.41) is 2.65. The second-order valence-electron chi connectivity index (χ2n) is 7.30. The third kappa shape index (κ3) is 4.71. The Morgan fingerprint density at radius 2 is 1.94 bits per heavy atom. The minimum atomic E-state index is -0.457. The smallest absolute Gasteiger partial charge is 0.414 e. The summed E-state index contributed by atoms with van der Waals surface area (Å²) >= 11 is 0. The highest BCUT2D eigenvalue weighted by Crippen LogP contribution is 2.23. The summed E-state index contributed by atoms with van der Waals surface area (Å²) in [4.78, 5) is 53.5. The van der Waals surface area contributed by atoms with Crippen LogP contribution in [0.5, 0.6) is 0 Å².